The van der Waals surface area contributed by atoms with Crippen LogP contribution < -0.4 is 4.72 Å². The lowest BCUT2D eigenvalue weighted by Crippen LogP contribution is -2.43. The fourth-order valence-electron chi connectivity index (χ4n) is 3.63. The van der Waals surface area contributed by atoms with Crippen LogP contribution in [0.25, 0.3) is 0 Å². The van der Waals surface area contributed by atoms with E-state index in [1.807, 2.05) is 29.2 Å². The average Bonchev–Trinajstić information content (AvgIpc) is 3.10. The van der Waals surface area contributed by atoms with Gasteiger partial charge in [0.2, 0.25) is 10.0 Å². The van der Waals surface area contributed by atoms with E-state index in [1.54, 1.807) is 0 Å². The van der Waals surface area contributed by atoms with E-state index in [9.17, 15) is 13.2 Å². The summed E-state index contributed by atoms with van der Waals surface area (Å²) < 4.78 is 25.3. The molecule has 1 aromatic carbocycles. The van der Waals surface area contributed by atoms with Gasteiger partial charge in [0.25, 0.3) is 5.91 Å². The maximum atomic E-state index is 12.4. The van der Waals surface area contributed by atoms with E-state index in [1.165, 1.54) is 11.8 Å². The van der Waals surface area contributed by atoms with Crippen molar-refractivity contribution in [1.82, 2.24) is 14.5 Å². The number of nitrogens with zero attached hydrogens (tertiary/aromatic N) is 2. The van der Waals surface area contributed by atoms with E-state index in [0.29, 0.717) is 0 Å². The van der Waals surface area contributed by atoms with E-state index >= 15 is 0 Å². The number of piperidine rings is 1. The Morgan fingerprint density at radius 3 is 2.24 bits per heavy atom. The predicted octanol–water partition coefficient (Wildman–Crippen LogP) is 1.44. The van der Waals surface area contributed by atoms with Crippen LogP contribution in [-0.4, -0.2) is 62.6 Å². The van der Waals surface area contributed by atoms with Gasteiger partial charge >= 0.3 is 0 Å². The Kier molecular flexibility index (Phi) is 5.76. The highest BCUT2D eigenvalue weighted by Crippen LogP contribution is 2.17. The molecule has 138 valence electrons. The number of hydrogen-bond donors (Lipinski definition) is 1. The molecule has 0 unspecified atom stereocenters. The van der Waals surface area contributed by atoms with Crippen molar-refractivity contribution in [2.75, 3.05) is 32.4 Å². The van der Waals surface area contributed by atoms with Gasteiger partial charge in [-0.2, -0.15) is 0 Å². The molecule has 0 spiro atoms. The van der Waals surface area contributed by atoms with Gasteiger partial charge in [0.1, 0.15) is 0 Å². The Bertz CT molecular complexity index is 689. The predicted molar refractivity (Wildman–Crippen MR) is 97.9 cm³/mol. The molecule has 2 aliphatic rings. The molecular formula is C18H27N3O3S. The van der Waals surface area contributed by atoms with Gasteiger partial charge in [-0.05, 0) is 43.4 Å². The van der Waals surface area contributed by atoms with Crippen LogP contribution in [0.15, 0.2) is 24.3 Å². The van der Waals surface area contributed by atoms with Crippen LogP contribution in [0.3, 0.4) is 0 Å². The second-order valence-electron chi connectivity index (χ2n) is 7.14. The molecule has 0 bridgehead atoms. The first kappa shape index (κ1) is 18.4. The number of hydrogen-bond acceptors (Lipinski definition) is 4. The minimum absolute atomic E-state index is 0.0479. The fraction of sp³-hybridized carbons (Fsp3) is 0.611. The molecule has 2 aliphatic heterocycles. The zero-order valence-electron chi connectivity index (χ0n) is 14.8. The van der Waals surface area contributed by atoms with Gasteiger partial charge in [-0.1, -0.05) is 12.1 Å². The van der Waals surface area contributed by atoms with Crippen molar-refractivity contribution in [3.8, 4) is 0 Å². The number of likely N-dealkylation sites (tertiary alicyclic amines) is 2. The third kappa shape index (κ3) is 5.26. The normalized spacial score (nSPS) is 20.1. The van der Waals surface area contributed by atoms with E-state index < -0.39 is 10.0 Å². The van der Waals surface area contributed by atoms with Gasteiger partial charge in [0.05, 0.1) is 6.26 Å². The second kappa shape index (κ2) is 7.85. The summed E-state index contributed by atoms with van der Waals surface area (Å²) in [6.45, 7) is 4.33. The molecule has 1 aromatic rings. The molecule has 1 amide bonds. The Morgan fingerprint density at radius 1 is 1.08 bits per heavy atom. The van der Waals surface area contributed by atoms with E-state index in [-0.39, 0.29) is 11.9 Å². The summed E-state index contributed by atoms with van der Waals surface area (Å²) in [5.41, 5.74) is 1.95. The van der Waals surface area contributed by atoms with Crippen molar-refractivity contribution >= 4 is 15.9 Å². The van der Waals surface area contributed by atoms with Gasteiger partial charge < -0.3 is 4.90 Å². The average molecular weight is 365 g/mol. The van der Waals surface area contributed by atoms with Crippen LogP contribution in [0.1, 0.15) is 41.6 Å². The first-order valence-corrected chi connectivity index (χ1v) is 10.9. The van der Waals surface area contributed by atoms with Crippen LogP contribution in [0.5, 0.6) is 0 Å². The molecule has 3 rings (SSSR count). The molecule has 25 heavy (non-hydrogen) atoms. The Balaban J connectivity index is 1.50. The van der Waals surface area contributed by atoms with Crippen molar-refractivity contribution < 1.29 is 13.2 Å². The molecule has 2 fully saturated rings. The van der Waals surface area contributed by atoms with Gasteiger partial charge in [-0.15, -0.1) is 0 Å². The molecule has 0 radical (unpaired) electrons. The molecule has 1 N–H and O–H groups in total. The van der Waals surface area contributed by atoms with Crippen LogP contribution in [0.4, 0.5) is 0 Å². The number of benzene rings is 1. The number of carbonyl (C=O) groups is 1. The number of sulfonamides is 1. The lowest BCUT2D eigenvalue weighted by Gasteiger charge is -2.32. The number of amides is 1. The summed E-state index contributed by atoms with van der Waals surface area (Å²) in [7, 11) is -3.12. The zero-order chi connectivity index (χ0) is 17.9. The summed E-state index contributed by atoms with van der Waals surface area (Å²) in [4.78, 5) is 16.6. The summed E-state index contributed by atoms with van der Waals surface area (Å²) in [5.74, 6) is 0.136. The lowest BCUT2D eigenvalue weighted by atomic mass is 10.0. The van der Waals surface area contributed by atoms with Gasteiger partial charge in [-0.25, -0.2) is 13.1 Å². The van der Waals surface area contributed by atoms with Crippen molar-refractivity contribution in [3.63, 3.8) is 0 Å². The molecular weight excluding hydrogens is 338 g/mol. The monoisotopic (exact) mass is 365 g/mol. The van der Waals surface area contributed by atoms with Gasteiger partial charge in [0, 0.05) is 44.3 Å². The molecule has 0 aromatic heterocycles. The minimum Gasteiger partial charge on any atom is -0.339 e. The quantitative estimate of drug-likeness (QED) is 0.857. The highest BCUT2D eigenvalue weighted by molar-refractivity contribution is 7.88. The third-order valence-corrected chi connectivity index (χ3v) is 5.73. The first-order valence-electron chi connectivity index (χ1n) is 8.98. The fourth-order valence-corrected chi connectivity index (χ4v) is 4.47. The SMILES string of the molecule is CS(=O)(=O)NC1CCN(Cc2ccc(C(=O)N3CCCC3)cc2)CC1. The topological polar surface area (TPSA) is 69.7 Å². The standard InChI is InChI=1S/C18H27N3O3S/c1-25(23,24)19-17-8-12-20(13-9-17)14-15-4-6-16(7-5-15)18(22)21-10-2-3-11-21/h4-7,17,19H,2-3,8-14H2,1H3. The van der Waals surface area contributed by atoms with Gasteiger partial charge in [0.15, 0.2) is 0 Å². The van der Waals surface area contributed by atoms with Crippen molar-refractivity contribution in [3.05, 3.63) is 35.4 Å². The Morgan fingerprint density at radius 2 is 1.68 bits per heavy atom. The summed E-state index contributed by atoms with van der Waals surface area (Å²) in [5, 5.41) is 0. The summed E-state index contributed by atoms with van der Waals surface area (Å²) in [6, 6.07) is 7.96. The van der Waals surface area contributed by atoms with Crippen molar-refractivity contribution in [1.29, 1.82) is 0 Å². The lowest BCUT2D eigenvalue weighted by molar-refractivity contribution is 0.0793. The Hall–Kier alpha value is -1.44. The maximum Gasteiger partial charge on any atom is 0.253 e. The molecule has 0 saturated carbocycles. The van der Waals surface area contributed by atoms with Crippen LogP contribution in [-0.2, 0) is 16.6 Å². The van der Waals surface area contributed by atoms with E-state index in [4.69, 9.17) is 0 Å². The van der Waals surface area contributed by atoms with Crippen LogP contribution >= 0.6 is 0 Å². The smallest absolute Gasteiger partial charge is 0.253 e. The number of rotatable bonds is 5. The summed E-state index contributed by atoms with van der Waals surface area (Å²) in [6.07, 6.45) is 5.09. The van der Waals surface area contributed by atoms with E-state index in [2.05, 4.69) is 9.62 Å². The van der Waals surface area contributed by atoms with Gasteiger partial charge in [-0.3, -0.25) is 9.69 Å². The molecule has 2 saturated heterocycles. The Labute approximate surface area is 150 Å². The third-order valence-electron chi connectivity index (χ3n) is 4.97. The molecule has 6 nitrogen and oxygen atoms in total. The minimum atomic E-state index is -3.12. The van der Waals surface area contributed by atoms with Crippen molar-refractivity contribution in [2.24, 2.45) is 0 Å². The molecule has 7 heteroatoms. The number of carbonyl (C=O) groups excluding carboxylic acids is 1. The highest BCUT2D eigenvalue weighted by atomic mass is 32.2. The van der Waals surface area contributed by atoms with E-state index in [0.717, 1.165) is 64.0 Å². The maximum absolute atomic E-state index is 12.4. The molecule has 2 heterocycles. The highest BCUT2D eigenvalue weighted by Gasteiger charge is 2.22. The largest absolute Gasteiger partial charge is 0.339 e. The molecule has 0 aliphatic carbocycles. The number of nitrogens with one attached hydrogen (secondary N) is 1. The van der Waals surface area contributed by atoms with Crippen LogP contribution in [0, 0.1) is 0 Å². The van der Waals surface area contributed by atoms with Crippen molar-refractivity contribution in [2.45, 2.75) is 38.3 Å². The molecule has 0 atom stereocenters. The zero-order valence-corrected chi connectivity index (χ0v) is 15.6. The summed E-state index contributed by atoms with van der Waals surface area (Å²) >= 11 is 0. The second-order valence-corrected chi connectivity index (χ2v) is 8.92. The van der Waals surface area contributed by atoms with Crippen LogP contribution in [0.2, 0.25) is 0 Å². The first-order chi connectivity index (χ1) is 11.9.